The number of likely N-dealkylation sites (N-methyl/N-ethyl adjacent to an activating group) is 1. The Balaban J connectivity index is 1.97. The molecule has 22 heavy (non-hydrogen) atoms. The molecule has 0 fully saturated rings. The van der Waals surface area contributed by atoms with Crippen LogP contribution in [0.15, 0.2) is 36.7 Å². The number of aromatic nitrogens is 2. The van der Waals surface area contributed by atoms with Crippen LogP contribution in [0, 0.1) is 0 Å². The summed E-state index contributed by atoms with van der Waals surface area (Å²) in [4.78, 5) is 12.3. The van der Waals surface area contributed by atoms with Crippen molar-refractivity contribution in [2.75, 3.05) is 20.2 Å². The fourth-order valence-electron chi connectivity index (χ4n) is 2.78. The number of hydrogen-bond acceptors (Lipinski definition) is 4. The maximum absolute atomic E-state index is 11.0. The van der Waals surface area contributed by atoms with Gasteiger partial charge in [0.15, 0.2) is 0 Å². The summed E-state index contributed by atoms with van der Waals surface area (Å²) in [7, 11) is 1.55. The smallest absolute Gasteiger partial charge is 0.407 e. The standard InChI is InChI=1S/C16H17N3O3/c1-19(16(20)21)10-15-14-4-2-3-12(13(14)6-8-22-15)11-5-7-17-18-9-11/h2-5,7,9,15H,6,8,10H2,1H3,(H,20,21). The number of fused-ring (bicyclic) bond motifs is 1. The van der Waals surface area contributed by atoms with Gasteiger partial charge in [-0.25, -0.2) is 4.79 Å². The van der Waals surface area contributed by atoms with Gasteiger partial charge < -0.3 is 14.7 Å². The number of nitrogens with zero attached hydrogens (tertiary/aromatic N) is 3. The van der Waals surface area contributed by atoms with Crippen LogP contribution >= 0.6 is 0 Å². The summed E-state index contributed by atoms with van der Waals surface area (Å²) >= 11 is 0. The highest BCUT2D eigenvalue weighted by molar-refractivity contribution is 5.68. The van der Waals surface area contributed by atoms with E-state index in [1.54, 1.807) is 19.4 Å². The van der Waals surface area contributed by atoms with Crippen molar-refractivity contribution in [1.29, 1.82) is 0 Å². The largest absolute Gasteiger partial charge is 0.465 e. The fraction of sp³-hybridized carbons (Fsp3) is 0.312. The fourth-order valence-corrected chi connectivity index (χ4v) is 2.78. The summed E-state index contributed by atoms with van der Waals surface area (Å²) in [5.41, 5.74) is 4.37. The summed E-state index contributed by atoms with van der Waals surface area (Å²) < 4.78 is 5.78. The second kappa shape index (κ2) is 6.11. The van der Waals surface area contributed by atoms with E-state index in [2.05, 4.69) is 16.3 Å². The van der Waals surface area contributed by atoms with E-state index in [1.165, 1.54) is 10.5 Å². The van der Waals surface area contributed by atoms with Gasteiger partial charge in [0.2, 0.25) is 0 Å². The Bertz CT molecular complexity index is 676. The van der Waals surface area contributed by atoms with E-state index in [0.29, 0.717) is 13.2 Å². The molecule has 1 N–H and O–H groups in total. The van der Waals surface area contributed by atoms with Gasteiger partial charge in [-0.2, -0.15) is 10.2 Å². The Hall–Kier alpha value is -2.47. The van der Waals surface area contributed by atoms with E-state index in [9.17, 15) is 4.79 Å². The molecule has 0 aliphatic carbocycles. The van der Waals surface area contributed by atoms with E-state index < -0.39 is 6.09 Å². The van der Waals surface area contributed by atoms with Crippen molar-refractivity contribution >= 4 is 6.09 Å². The third-order valence-corrected chi connectivity index (χ3v) is 3.89. The zero-order valence-corrected chi connectivity index (χ0v) is 12.3. The molecule has 0 saturated carbocycles. The molecule has 2 heterocycles. The molecule has 1 atom stereocenters. The molecule has 1 aromatic heterocycles. The van der Waals surface area contributed by atoms with Crippen LogP contribution in [-0.2, 0) is 11.2 Å². The molecule has 0 spiro atoms. The van der Waals surface area contributed by atoms with Crippen LogP contribution < -0.4 is 0 Å². The van der Waals surface area contributed by atoms with Crippen LogP contribution in [0.1, 0.15) is 17.2 Å². The summed E-state index contributed by atoms with van der Waals surface area (Å²) in [6.07, 6.45) is 3.03. The van der Waals surface area contributed by atoms with Crippen molar-refractivity contribution < 1.29 is 14.6 Å². The molecule has 2 aromatic rings. The Kier molecular flexibility index (Phi) is 4.02. The summed E-state index contributed by atoms with van der Waals surface area (Å²) in [5.74, 6) is 0. The Morgan fingerprint density at radius 1 is 1.41 bits per heavy atom. The molecule has 1 unspecified atom stereocenters. The normalized spacial score (nSPS) is 16.9. The molecular weight excluding hydrogens is 282 g/mol. The van der Waals surface area contributed by atoms with E-state index in [1.807, 2.05) is 18.2 Å². The number of hydrogen-bond donors (Lipinski definition) is 1. The zero-order valence-electron chi connectivity index (χ0n) is 12.3. The number of amides is 1. The number of benzene rings is 1. The number of carbonyl (C=O) groups is 1. The maximum atomic E-state index is 11.0. The molecular formula is C16H17N3O3. The predicted molar refractivity (Wildman–Crippen MR) is 80.5 cm³/mol. The van der Waals surface area contributed by atoms with Gasteiger partial charge in [-0.1, -0.05) is 18.2 Å². The minimum absolute atomic E-state index is 0.236. The molecule has 1 aliphatic heterocycles. The summed E-state index contributed by atoms with van der Waals surface area (Å²) in [6, 6.07) is 7.96. The van der Waals surface area contributed by atoms with Crippen molar-refractivity contribution in [3.8, 4) is 11.1 Å². The zero-order chi connectivity index (χ0) is 15.5. The molecule has 1 aromatic carbocycles. The summed E-state index contributed by atoms with van der Waals surface area (Å²) in [5, 5.41) is 16.8. The van der Waals surface area contributed by atoms with Crippen molar-refractivity contribution in [3.05, 3.63) is 47.8 Å². The van der Waals surface area contributed by atoms with E-state index in [0.717, 1.165) is 23.1 Å². The maximum Gasteiger partial charge on any atom is 0.407 e. The highest BCUT2D eigenvalue weighted by Crippen LogP contribution is 2.34. The van der Waals surface area contributed by atoms with Crippen LogP contribution in [0.25, 0.3) is 11.1 Å². The SMILES string of the molecule is CN(CC1OCCc2c(-c3ccnnc3)cccc21)C(=O)O. The lowest BCUT2D eigenvalue weighted by Gasteiger charge is -2.30. The van der Waals surface area contributed by atoms with Gasteiger partial charge in [0.25, 0.3) is 0 Å². The number of rotatable bonds is 3. The highest BCUT2D eigenvalue weighted by atomic mass is 16.5. The molecule has 6 heteroatoms. The molecule has 0 saturated heterocycles. The first-order valence-electron chi connectivity index (χ1n) is 7.11. The minimum Gasteiger partial charge on any atom is -0.465 e. The first-order chi connectivity index (χ1) is 10.7. The Labute approximate surface area is 128 Å². The van der Waals surface area contributed by atoms with Gasteiger partial charge in [0, 0.05) is 12.6 Å². The lowest BCUT2D eigenvalue weighted by atomic mass is 9.90. The quantitative estimate of drug-likeness (QED) is 0.941. The third kappa shape index (κ3) is 2.78. The van der Waals surface area contributed by atoms with Gasteiger partial charge >= 0.3 is 6.09 Å². The van der Waals surface area contributed by atoms with Gasteiger partial charge in [-0.3, -0.25) is 0 Å². The molecule has 1 aliphatic rings. The first-order valence-corrected chi connectivity index (χ1v) is 7.11. The molecule has 3 rings (SSSR count). The van der Waals surface area contributed by atoms with Crippen molar-refractivity contribution in [3.63, 3.8) is 0 Å². The minimum atomic E-state index is -0.954. The lowest BCUT2D eigenvalue weighted by Crippen LogP contribution is -2.32. The van der Waals surface area contributed by atoms with Crippen LogP contribution in [0.4, 0.5) is 4.79 Å². The predicted octanol–water partition coefficient (Wildman–Crippen LogP) is 2.37. The molecule has 1 amide bonds. The van der Waals surface area contributed by atoms with Crippen molar-refractivity contribution in [2.24, 2.45) is 0 Å². The summed E-state index contributed by atoms with van der Waals surface area (Å²) in [6.45, 7) is 0.904. The van der Waals surface area contributed by atoms with Crippen LogP contribution in [0.2, 0.25) is 0 Å². The van der Waals surface area contributed by atoms with Crippen molar-refractivity contribution in [2.45, 2.75) is 12.5 Å². The number of carboxylic acid groups (broad SMARTS) is 1. The van der Waals surface area contributed by atoms with E-state index in [4.69, 9.17) is 9.84 Å². The second-order valence-corrected chi connectivity index (χ2v) is 5.28. The average Bonchev–Trinajstić information content (AvgIpc) is 2.55. The third-order valence-electron chi connectivity index (χ3n) is 3.89. The molecule has 0 radical (unpaired) electrons. The first kappa shape index (κ1) is 14.5. The van der Waals surface area contributed by atoms with E-state index in [-0.39, 0.29) is 6.10 Å². The highest BCUT2D eigenvalue weighted by Gasteiger charge is 2.25. The Morgan fingerprint density at radius 3 is 3.00 bits per heavy atom. The van der Waals surface area contributed by atoms with Crippen molar-refractivity contribution in [1.82, 2.24) is 15.1 Å². The van der Waals surface area contributed by atoms with Crippen LogP contribution in [0.3, 0.4) is 0 Å². The molecule has 0 bridgehead atoms. The van der Waals surface area contributed by atoms with E-state index >= 15 is 0 Å². The average molecular weight is 299 g/mol. The second-order valence-electron chi connectivity index (χ2n) is 5.28. The van der Waals surface area contributed by atoms with Gasteiger partial charge in [0.05, 0.1) is 25.5 Å². The van der Waals surface area contributed by atoms with Gasteiger partial charge in [-0.05, 0) is 29.2 Å². The Morgan fingerprint density at radius 2 is 2.27 bits per heavy atom. The van der Waals surface area contributed by atoms with Gasteiger partial charge in [-0.15, -0.1) is 0 Å². The monoisotopic (exact) mass is 299 g/mol. The topological polar surface area (TPSA) is 75.5 Å². The van der Waals surface area contributed by atoms with Crippen LogP contribution in [-0.4, -0.2) is 46.5 Å². The van der Waals surface area contributed by atoms with Gasteiger partial charge in [0.1, 0.15) is 6.10 Å². The lowest BCUT2D eigenvalue weighted by molar-refractivity contribution is 0.0225. The molecule has 114 valence electrons. The molecule has 6 nitrogen and oxygen atoms in total. The van der Waals surface area contributed by atoms with Crippen LogP contribution in [0.5, 0.6) is 0 Å². The number of ether oxygens (including phenoxy) is 1.